The van der Waals surface area contributed by atoms with Gasteiger partial charge in [-0.1, -0.05) is 42.5 Å². The topological polar surface area (TPSA) is 54.3 Å². The monoisotopic (exact) mass is 334 g/mol. The highest BCUT2D eigenvalue weighted by atomic mass is 16.3. The zero-order chi connectivity index (χ0) is 17.6. The van der Waals surface area contributed by atoms with Gasteiger partial charge in [0.25, 0.3) is 5.91 Å². The summed E-state index contributed by atoms with van der Waals surface area (Å²) in [6.45, 7) is 2.73. The molecular weight excluding hydrogens is 312 g/mol. The standard InChI is InChI=1S/C21H22N2O2/c1-15(19-11-12-20(25-19)17-8-4-3-5-9-17)23-14-16-7-6-10-18(13-16)21(24)22-2/h3-13,15,23H,14H2,1-2H3,(H,22,24)/t15-/m0/s1. The average molecular weight is 334 g/mol. The van der Waals surface area contributed by atoms with Gasteiger partial charge in [0.05, 0.1) is 6.04 Å². The van der Waals surface area contributed by atoms with E-state index in [2.05, 4.69) is 17.6 Å². The van der Waals surface area contributed by atoms with Crippen molar-refractivity contribution in [2.24, 2.45) is 0 Å². The van der Waals surface area contributed by atoms with Crippen LogP contribution in [0.1, 0.15) is 34.6 Å². The number of amides is 1. The van der Waals surface area contributed by atoms with Crippen LogP contribution in [0.2, 0.25) is 0 Å². The van der Waals surface area contributed by atoms with Crippen molar-refractivity contribution in [1.82, 2.24) is 10.6 Å². The third-order valence-corrected chi connectivity index (χ3v) is 4.14. The molecule has 4 heteroatoms. The first-order valence-corrected chi connectivity index (χ1v) is 8.37. The fraction of sp³-hybridized carbons (Fsp3) is 0.190. The van der Waals surface area contributed by atoms with Crippen molar-refractivity contribution in [2.45, 2.75) is 19.5 Å². The summed E-state index contributed by atoms with van der Waals surface area (Å²) in [5.74, 6) is 1.68. The van der Waals surface area contributed by atoms with Crippen LogP contribution < -0.4 is 10.6 Å². The van der Waals surface area contributed by atoms with Gasteiger partial charge in [0.1, 0.15) is 11.5 Å². The lowest BCUT2D eigenvalue weighted by atomic mass is 10.1. The molecule has 1 atom stereocenters. The molecule has 3 rings (SSSR count). The van der Waals surface area contributed by atoms with Crippen molar-refractivity contribution in [3.8, 4) is 11.3 Å². The molecule has 0 spiro atoms. The molecule has 0 bridgehead atoms. The second-order valence-electron chi connectivity index (χ2n) is 5.95. The number of furan rings is 1. The van der Waals surface area contributed by atoms with Crippen LogP contribution in [-0.2, 0) is 6.54 Å². The molecule has 2 N–H and O–H groups in total. The highest BCUT2D eigenvalue weighted by molar-refractivity contribution is 5.94. The molecule has 4 nitrogen and oxygen atoms in total. The molecular formula is C21H22N2O2. The minimum Gasteiger partial charge on any atom is -0.459 e. The molecule has 0 unspecified atom stereocenters. The molecule has 0 aliphatic heterocycles. The number of carbonyl (C=O) groups is 1. The fourth-order valence-corrected chi connectivity index (χ4v) is 2.68. The minimum absolute atomic E-state index is 0.0705. The maximum Gasteiger partial charge on any atom is 0.251 e. The molecule has 1 amide bonds. The van der Waals surface area contributed by atoms with Crippen LogP contribution >= 0.6 is 0 Å². The van der Waals surface area contributed by atoms with E-state index in [1.807, 2.05) is 66.7 Å². The molecule has 0 saturated heterocycles. The van der Waals surface area contributed by atoms with E-state index in [4.69, 9.17) is 4.42 Å². The highest BCUT2D eigenvalue weighted by Crippen LogP contribution is 2.25. The molecule has 1 heterocycles. The van der Waals surface area contributed by atoms with Crippen molar-refractivity contribution < 1.29 is 9.21 Å². The maximum absolute atomic E-state index is 11.7. The van der Waals surface area contributed by atoms with Crippen LogP contribution in [-0.4, -0.2) is 13.0 Å². The predicted molar refractivity (Wildman–Crippen MR) is 99.2 cm³/mol. The molecule has 0 aliphatic rings. The van der Waals surface area contributed by atoms with E-state index in [-0.39, 0.29) is 11.9 Å². The van der Waals surface area contributed by atoms with Gasteiger partial charge >= 0.3 is 0 Å². The van der Waals surface area contributed by atoms with Crippen molar-refractivity contribution in [3.63, 3.8) is 0 Å². The molecule has 2 aromatic carbocycles. The van der Waals surface area contributed by atoms with Crippen LogP contribution in [0.3, 0.4) is 0 Å². The molecule has 1 aromatic heterocycles. The average Bonchev–Trinajstić information content (AvgIpc) is 3.17. The Balaban J connectivity index is 1.64. The number of nitrogens with one attached hydrogen (secondary N) is 2. The van der Waals surface area contributed by atoms with E-state index in [9.17, 15) is 4.79 Å². The van der Waals surface area contributed by atoms with E-state index in [0.29, 0.717) is 12.1 Å². The lowest BCUT2D eigenvalue weighted by molar-refractivity contribution is 0.0963. The molecule has 0 radical (unpaired) electrons. The fourth-order valence-electron chi connectivity index (χ4n) is 2.68. The molecule has 0 saturated carbocycles. The van der Waals surface area contributed by atoms with Gasteiger partial charge in [-0.05, 0) is 36.8 Å². The normalized spacial score (nSPS) is 11.9. The first-order valence-electron chi connectivity index (χ1n) is 8.37. The van der Waals surface area contributed by atoms with Gasteiger partial charge in [-0.15, -0.1) is 0 Å². The van der Waals surface area contributed by atoms with E-state index in [1.54, 1.807) is 7.05 Å². The Bertz CT molecular complexity index is 840. The lowest BCUT2D eigenvalue weighted by Gasteiger charge is -2.12. The van der Waals surface area contributed by atoms with Crippen LogP contribution in [0.5, 0.6) is 0 Å². The summed E-state index contributed by atoms with van der Waals surface area (Å²) in [5, 5.41) is 6.08. The Hall–Kier alpha value is -2.85. The minimum atomic E-state index is -0.0755. The zero-order valence-electron chi connectivity index (χ0n) is 14.5. The quantitative estimate of drug-likeness (QED) is 0.712. The summed E-state index contributed by atoms with van der Waals surface area (Å²) >= 11 is 0. The SMILES string of the molecule is CNC(=O)c1cccc(CN[C@@H](C)c2ccc(-c3ccccc3)o2)c1. The van der Waals surface area contributed by atoms with Gasteiger partial charge in [0.2, 0.25) is 0 Å². The number of hydrogen-bond donors (Lipinski definition) is 2. The highest BCUT2D eigenvalue weighted by Gasteiger charge is 2.11. The largest absolute Gasteiger partial charge is 0.459 e. The zero-order valence-corrected chi connectivity index (χ0v) is 14.5. The van der Waals surface area contributed by atoms with Crippen LogP contribution in [0, 0.1) is 0 Å². The summed E-state index contributed by atoms with van der Waals surface area (Å²) in [6, 6.07) is 21.7. The number of rotatable bonds is 6. The third kappa shape index (κ3) is 4.17. The third-order valence-electron chi connectivity index (χ3n) is 4.14. The van der Waals surface area contributed by atoms with Gasteiger partial charge < -0.3 is 15.1 Å². The molecule has 25 heavy (non-hydrogen) atoms. The maximum atomic E-state index is 11.7. The molecule has 128 valence electrons. The Morgan fingerprint density at radius 3 is 2.60 bits per heavy atom. The Morgan fingerprint density at radius 2 is 1.84 bits per heavy atom. The van der Waals surface area contributed by atoms with Crippen molar-refractivity contribution in [1.29, 1.82) is 0 Å². The van der Waals surface area contributed by atoms with E-state index < -0.39 is 0 Å². The number of carbonyl (C=O) groups excluding carboxylic acids is 1. The Labute approximate surface area is 147 Å². The van der Waals surface area contributed by atoms with Crippen LogP contribution in [0.4, 0.5) is 0 Å². The van der Waals surface area contributed by atoms with Crippen LogP contribution in [0.25, 0.3) is 11.3 Å². The van der Waals surface area contributed by atoms with Crippen molar-refractivity contribution in [2.75, 3.05) is 7.05 Å². The smallest absolute Gasteiger partial charge is 0.251 e. The van der Waals surface area contributed by atoms with Gasteiger partial charge in [0.15, 0.2) is 0 Å². The van der Waals surface area contributed by atoms with Gasteiger partial charge in [-0.2, -0.15) is 0 Å². The van der Waals surface area contributed by atoms with Crippen molar-refractivity contribution >= 4 is 5.91 Å². The number of benzene rings is 2. The molecule has 3 aromatic rings. The Kier molecular flexibility index (Phi) is 5.31. The second kappa shape index (κ2) is 7.81. The Morgan fingerprint density at radius 1 is 1.04 bits per heavy atom. The lowest BCUT2D eigenvalue weighted by Crippen LogP contribution is -2.20. The first-order chi connectivity index (χ1) is 12.2. The van der Waals surface area contributed by atoms with Crippen LogP contribution in [0.15, 0.2) is 71.1 Å². The summed E-state index contributed by atoms with van der Waals surface area (Å²) in [5.41, 5.74) is 2.79. The second-order valence-corrected chi connectivity index (χ2v) is 5.95. The van der Waals surface area contributed by atoms with E-state index >= 15 is 0 Å². The van der Waals surface area contributed by atoms with E-state index in [0.717, 1.165) is 22.6 Å². The van der Waals surface area contributed by atoms with Gasteiger partial charge in [-0.25, -0.2) is 0 Å². The number of hydrogen-bond acceptors (Lipinski definition) is 3. The summed E-state index contributed by atoms with van der Waals surface area (Å²) in [4.78, 5) is 11.7. The van der Waals surface area contributed by atoms with Gasteiger partial charge in [0, 0.05) is 24.7 Å². The molecule has 0 aliphatic carbocycles. The summed E-state index contributed by atoms with van der Waals surface area (Å²) < 4.78 is 5.97. The van der Waals surface area contributed by atoms with Crippen molar-refractivity contribution in [3.05, 3.63) is 83.6 Å². The first kappa shape index (κ1) is 17.0. The van der Waals surface area contributed by atoms with E-state index in [1.165, 1.54) is 0 Å². The molecule has 0 fully saturated rings. The van der Waals surface area contributed by atoms with Gasteiger partial charge in [-0.3, -0.25) is 4.79 Å². The predicted octanol–water partition coefficient (Wildman–Crippen LogP) is 4.16. The summed E-state index contributed by atoms with van der Waals surface area (Å²) in [6.07, 6.45) is 0. The summed E-state index contributed by atoms with van der Waals surface area (Å²) in [7, 11) is 1.64.